The number of rotatable bonds is 7. The van der Waals surface area contributed by atoms with E-state index in [2.05, 4.69) is 20.1 Å². The van der Waals surface area contributed by atoms with Crippen LogP contribution in [-0.2, 0) is 14.3 Å². The Balaban J connectivity index is 0.000000388. The second-order valence-electron chi connectivity index (χ2n) is 4.76. The van der Waals surface area contributed by atoms with Crippen LogP contribution >= 0.6 is 0 Å². The molecule has 1 atom stereocenters. The van der Waals surface area contributed by atoms with Crippen molar-refractivity contribution < 1.29 is 14.3 Å². The number of amides is 1. The summed E-state index contributed by atoms with van der Waals surface area (Å²) in [6.07, 6.45) is 8.44. The van der Waals surface area contributed by atoms with Gasteiger partial charge in [-0.05, 0) is 26.0 Å². The molecular formula is C16H27NO3. The minimum Gasteiger partial charge on any atom is -0.458 e. The highest BCUT2D eigenvalue weighted by Gasteiger charge is 2.16. The van der Waals surface area contributed by atoms with Crippen LogP contribution in [0.15, 0.2) is 25.4 Å². The van der Waals surface area contributed by atoms with Crippen LogP contribution in [-0.4, -0.2) is 29.4 Å². The van der Waals surface area contributed by atoms with Gasteiger partial charge in [0.2, 0.25) is 5.91 Å². The molecule has 1 unspecified atom stereocenters. The predicted molar refractivity (Wildman–Crippen MR) is 81.0 cm³/mol. The van der Waals surface area contributed by atoms with Crippen molar-refractivity contribution in [2.45, 2.75) is 58.5 Å². The summed E-state index contributed by atoms with van der Waals surface area (Å²) in [6, 6.07) is 0. The fourth-order valence-electron chi connectivity index (χ4n) is 1.70. The number of likely N-dealkylation sites (tertiary alicyclic amines) is 1. The van der Waals surface area contributed by atoms with Gasteiger partial charge in [-0.1, -0.05) is 39.0 Å². The zero-order valence-electron chi connectivity index (χ0n) is 12.8. The van der Waals surface area contributed by atoms with Gasteiger partial charge in [0.1, 0.15) is 6.10 Å². The van der Waals surface area contributed by atoms with Gasteiger partial charge in [-0.2, -0.15) is 0 Å². The van der Waals surface area contributed by atoms with Gasteiger partial charge in [0.15, 0.2) is 0 Å². The van der Waals surface area contributed by atoms with Crippen molar-refractivity contribution in [3.63, 3.8) is 0 Å². The predicted octanol–water partition coefficient (Wildman–Crippen LogP) is 3.44. The average molecular weight is 281 g/mol. The molecule has 0 spiro atoms. The lowest BCUT2D eigenvalue weighted by Gasteiger charge is -2.07. The molecule has 0 aliphatic carbocycles. The zero-order valence-corrected chi connectivity index (χ0v) is 12.8. The van der Waals surface area contributed by atoms with Crippen LogP contribution in [0.4, 0.5) is 0 Å². The number of nitrogens with zero attached hydrogens (tertiary/aromatic N) is 1. The number of ether oxygens (including phenoxy) is 1. The summed E-state index contributed by atoms with van der Waals surface area (Å²) in [7, 11) is 0. The highest BCUT2D eigenvalue weighted by atomic mass is 16.5. The Morgan fingerprint density at radius 1 is 1.45 bits per heavy atom. The Morgan fingerprint density at radius 2 is 2.15 bits per heavy atom. The molecule has 0 aromatic rings. The van der Waals surface area contributed by atoms with Crippen molar-refractivity contribution in [2.24, 2.45) is 0 Å². The van der Waals surface area contributed by atoms with Crippen molar-refractivity contribution in [1.29, 1.82) is 0 Å². The van der Waals surface area contributed by atoms with E-state index >= 15 is 0 Å². The first-order valence-corrected chi connectivity index (χ1v) is 7.29. The molecule has 0 radical (unpaired) electrons. The summed E-state index contributed by atoms with van der Waals surface area (Å²) in [5, 5.41) is 0. The maximum atomic E-state index is 11.0. The van der Waals surface area contributed by atoms with Crippen LogP contribution in [0.25, 0.3) is 0 Å². The van der Waals surface area contributed by atoms with E-state index in [1.165, 1.54) is 0 Å². The van der Waals surface area contributed by atoms with Gasteiger partial charge in [-0.3, -0.25) is 9.59 Å². The van der Waals surface area contributed by atoms with Crippen LogP contribution in [0.1, 0.15) is 52.4 Å². The Bertz CT molecular complexity index is 326. The Hall–Kier alpha value is -1.58. The maximum absolute atomic E-state index is 11.0. The van der Waals surface area contributed by atoms with E-state index in [9.17, 15) is 9.59 Å². The number of unbranched alkanes of at least 4 members (excludes halogenated alkanes) is 2. The molecule has 0 aromatic heterocycles. The summed E-state index contributed by atoms with van der Waals surface area (Å²) >= 11 is 0. The quantitative estimate of drug-likeness (QED) is 0.408. The molecule has 20 heavy (non-hydrogen) atoms. The van der Waals surface area contributed by atoms with Crippen molar-refractivity contribution in [2.75, 3.05) is 6.54 Å². The first kappa shape index (κ1) is 18.4. The number of hydrogen-bond donors (Lipinski definition) is 0. The molecule has 1 aliphatic heterocycles. The van der Waals surface area contributed by atoms with Gasteiger partial charge in [0.25, 0.3) is 0 Å². The van der Waals surface area contributed by atoms with E-state index in [4.69, 9.17) is 4.74 Å². The van der Waals surface area contributed by atoms with Crippen LogP contribution in [0.2, 0.25) is 0 Å². The lowest BCUT2D eigenvalue weighted by molar-refractivity contribution is -0.146. The molecule has 1 saturated heterocycles. The van der Waals surface area contributed by atoms with Crippen LogP contribution in [0.3, 0.4) is 0 Å². The van der Waals surface area contributed by atoms with Crippen molar-refractivity contribution in [1.82, 2.24) is 4.90 Å². The van der Waals surface area contributed by atoms with Gasteiger partial charge >= 0.3 is 5.97 Å². The molecule has 1 aliphatic rings. The van der Waals surface area contributed by atoms with Crippen LogP contribution in [0, 0.1) is 0 Å². The zero-order chi connectivity index (χ0) is 15.4. The molecule has 1 rings (SSSR count). The van der Waals surface area contributed by atoms with E-state index in [1.807, 2.05) is 6.92 Å². The highest BCUT2D eigenvalue weighted by molar-refractivity contribution is 5.78. The molecule has 4 nitrogen and oxygen atoms in total. The Morgan fingerprint density at radius 3 is 2.55 bits per heavy atom. The van der Waals surface area contributed by atoms with Crippen LogP contribution < -0.4 is 0 Å². The lowest BCUT2D eigenvalue weighted by Crippen LogP contribution is -2.16. The summed E-state index contributed by atoms with van der Waals surface area (Å²) in [5.74, 6) is 0.0934. The molecule has 1 amide bonds. The summed E-state index contributed by atoms with van der Waals surface area (Å²) in [5.41, 5.74) is 0. The fourth-order valence-corrected chi connectivity index (χ4v) is 1.70. The Kier molecular flexibility index (Phi) is 10.4. The minimum atomic E-state index is -0.154. The van der Waals surface area contributed by atoms with Crippen molar-refractivity contribution in [3.8, 4) is 0 Å². The summed E-state index contributed by atoms with van der Waals surface area (Å²) < 4.78 is 4.99. The SMILES string of the molecule is C=CC(C)OC(=O)CCCCC.C=CN1CCCC1=O. The molecule has 4 heteroatoms. The van der Waals surface area contributed by atoms with Gasteiger partial charge in [-0.15, -0.1) is 0 Å². The number of esters is 1. The van der Waals surface area contributed by atoms with Crippen molar-refractivity contribution in [3.05, 3.63) is 25.4 Å². The third-order valence-corrected chi connectivity index (χ3v) is 2.96. The smallest absolute Gasteiger partial charge is 0.306 e. The second-order valence-corrected chi connectivity index (χ2v) is 4.76. The molecule has 1 heterocycles. The van der Waals surface area contributed by atoms with E-state index in [0.29, 0.717) is 12.8 Å². The van der Waals surface area contributed by atoms with E-state index < -0.39 is 0 Å². The maximum Gasteiger partial charge on any atom is 0.306 e. The first-order chi connectivity index (χ1) is 9.54. The average Bonchev–Trinajstić information content (AvgIpc) is 2.85. The largest absolute Gasteiger partial charge is 0.458 e. The molecule has 114 valence electrons. The van der Waals surface area contributed by atoms with Gasteiger partial charge in [-0.25, -0.2) is 0 Å². The molecule has 0 saturated carbocycles. The van der Waals surface area contributed by atoms with Gasteiger partial charge in [0.05, 0.1) is 0 Å². The van der Waals surface area contributed by atoms with Crippen molar-refractivity contribution >= 4 is 11.9 Å². The monoisotopic (exact) mass is 281 g/mol. The first-order valence-electron chi connectivity index (χ1n) is 7.29. The van der Waals surface area contributed by atoms with Crippen LogP contribution in [0.5, 0.6) is 0 Å². The molecule has 0 N–H and O–H groups in total. The number of carbonyl (C=O) groups is 2. The molecular weight excluding hydrogens is 254 g/mol. The lowest BCUT2D eigenvalue weighted by atomic mass is 10.2. The second kappa shape index (κ2) is 11.3. The van der Waals surface area contributed by atoms with E-state index in [1.54, 1.807) is 17.2 Å². The number of carbonyl (C=O) groups excluding carboxylic acids is 2. The van der Waals surface area contributed by atoms with E-state index in [-0.39, 0.29) is 18.0 Å². The minimum absolute atomic E-state index is 0.115. The Labute approximate surface area is 122 Å². The fraction of sp³-hybridized carbons (Fsp3) is 0.625. The van der Waals surface area contributed by atoms with Gasteiger partial charge < -0.3 is 9.64 Å². The summed E-state index contributed by atoms with van der Waals surface area (Å²) in [4.78, 5) is 23.3. The standard InChI is InChI=1S/C10H18O2.C6H9NO/c1-4-6-7-8-10(11)12-9(3)5-2;1-2-7-5-3-4-6(7)8/h5,9H,2,4,6-8H2,1,3H3;2H,1,3-5H2. The molecule has 0 bridgehead atoms. The molecule has 0 aromatic carbocycles. The van der Waals surface area contributed by atoms with E-state index in [0.717, 1.165) is 32.2 Å². The highest BCUT2D eigenvalue weighted by Crippen LogP contribution is 2.08. The normalized spacial score (nSPS) is 15.1. The topological polar surface area (TPSA) is 46.6 Å². The third kappa shape index (κ3) is 8.51. The van der Waals surface area contributed by atoms with Gasteiger partial charge in [0, 0.05) is 19.4 Å². The summed E-state index contributed by atoms with van der Waals surface area (Å²) in [6.45, 7) is 11.8. The third-order valence-electron chi connectivity index (χ3n) is 2.96. The molecule has 1 fully saturated rings. The number of hydrogen-bond acceptors (Lipinski definition) is 3.